The Morgan fingerprint density at radius 3 is 2.88 bits per heavy atom. The summed E-state index contributed by atoms with van der Waals surface area (Å²) in [6, 6.07) is 5.67. The van der Waals surface area contributed by atoms with Crippen LogP contribution in [0.2, 0.25) is 0 Å². The lowest BCUT2D eigenvalue weighted by molar-refractivity contribution is 0.0604. The fraction of sp³-hybridized carbons (Fsp3) is 0.167. The fourth-order valence-corrected chi connectivity index (χ4v) is 1.65. The van der Waals surface area contributed by atoms with E-state index in [1.165, 1.54) is 13.3 Å². The number of nitrogen functional groups attached to an aromatic ring is 1. The maximum atomic E-state index is 11.6. The van der Waals surface area contributed by atoms with Crippen molar-refractivity contribution >= 4 is 22.6 Å². The molecule has 0 aliphatic rings. The van der Waals surface area contributed by atoms with Gasteiger partial charge in [-0.15, -0.1) is 0 Å². The van der Waals surface area contributed by atoms with E-state index in [2.05, 4.69) is 4.98 Å². The van der Waals surface area contributed by atoms with Crippen LogP contribution in [-0.4, -0.2) is 18.1 Å². The number of carbonyl (C=O) groups excluding carboxylic acids is 1. The quantitative estimate of drug-likeness (QED) is 0.739. The Bertz CT molecular complexity index is 559. The van der Waals surface area contributed by atoms with Crippen LogP contribution in [0.1, 0.15) is 15.9 Å². The fourth-order valence-electron chi connectivity index (χ4n) is 1.65. The van der Waals surface area contributed by atoms with Crippen molar-refractivity contribution < 1.29 is 9.53 Å². The van der Waals surface area contributed by atoms with Crippen LogP contribution in [0.5, 0.6) is 0 Å². The molecule has 0 aliphatic carbocycles. The number of methoxy groups -OCH3 is 1. The first kappa shape index (κ1) is 10.4. The molecule has 0 atom stereocenters. The van der Waals surface area contributed by atoms with Crippen molar-refractivity contribution in [2.24, 2.45) is 0 Å². The van der Waals surface area contributed by atoms with Gasteiger partial charge in [-0.05, 0) is 19.1 Å². The van der Waals surface area contributed by atoms with Crippen molar-refractivity contribution in [2.45, 2.75) is 6.92 Å². The van der Waals surface area contributed by atoms with Gasteiger partial charge in [0.15, 0.2) is 0 Å². The SMILES string of the molecule is COC(=O)c1c(N)cnc2ccc(C)cc12. The average molecular weight is 216 g/mol. The number of nitrogens with zero attached hydrogens (tertiary/aromatic N) is 1. The van der Waals surface area contributed by atoms with Gasteiger partial charge in [0.25, 0.3) is 0 Å². The molecule has 4 heteroatoms. The predicted molar refractivity (Wildman–Crippen MR) is 62.2 cm³/mol. The number of anilines is 1. The second-order valence-electron chi connectivity index (χ2n) is 3.60. The van der Waals surface area contributed by atoms with Crippen molar-refractivity contribution in [1.29, 1.82) is 0 Å². The summed E-state index contributed by atoms with van der Waals surface area (Å²) < 4.78 is 4.72. The number of rotatable bonds is 1. The zero-order valence-electron chi connectivity index (χ0n) is 9.15. The highest BCUT2D eigenvalue weighted by Crippen LogP contribution is 2.23. The molecule has 0 saturated heterocycles. The predicted octanol–water partition coefficient (Wildman–Crippen LogP) is 1.91. The molecule has 1 aromatic heterocycles. The summed E-state index contributed by atoms with van der Waals surface area (Å²) in [6.45, 7) is 1.95. The van der Waals surface area contributed by atoms with Gasteiger partial charge in [-0.3, -0.25) is 4.98 Å². The van der Waals surface area contributed by atoms with Crippen molar-refractivity contribution in [2.75, 3.05) is 12.8 Å². The molecule has 2 rings (SSSR count). The first-order valence-electron chi connectivity index (χ1n) is 4.86. The van der Waals surface area contributed by atoms with Crippen molar-refractivity contribution in [3.8, 4) is 0 Å². The Balaban J connectivity index is 2.82. The molecule has 16 heavy (non-hydrogen) atoms. The van der Waals surface area contributed by atoms with Crippen molar-refractivity contribution in [1.82, 2.24) is 4.98 Å². The molecule has 0 amide bonds. The summed E-state index contributed by atoms with van der Waals surface area (Å²) in [5, 5.41) is 0.729. The van der Waals surface area contributed by atoms with Gasteiger partial charge < -0.3 is 10.5 Å². The molecule has 1 heterocycles. The number of hydrogen-bond acceptors (Lipinski definition) is 4. The van der Waals surface area contributed by atoms with E-state index in [0.717, 1.165) is 16.5 Å². The van der Waals surface area contributed by atoms with Crippen LogP contribution < -0.4 is 5.73 Å². The van der Waals surface area contributed by atoms with E-state index in [-0.39, 0.29) is 0 Å². The minimum Gasteiger partial charge on any atom is -0.465 e. The van der Waals surface area contributed by atoms with Gasteiger partial charge in [0.05, 0.1) is 30.1 Å². The number of ether oxygens (including phenoxy) is 1. The minimum absolute atomic E-state index is 0.338. The van der Waals surface area contributed by atoms with E-state index in [1.807, 2.05) is 25.1 Å². The number of carbonyl (C=O) groups is 1. The molecule has 0 bridgehead atoms. The Labute approximate surface area is 93.0 Å². The van der Waals surface area contributed by atoms with Crippen LogP contribution in [-0.2, 0) is 4.74 Å². The second-order valence-corrected chi connectivity index (χ2v) is 3.60. The summed E-state index contributed by atoms with van der Waals surface area (Å²) in [7, 11) is 1.34. The first-order valence-corrected chi connectivity index (χ1v) is 4.86. The third-order valence-corrected chi connectivity index (χ3v) is 2.44. The molecule has 0 saturated carbocycles. The zero-order valence-corrected chi connectivity index (χ0v) is 9.15. The molecule has 0 aliphatic heterocycles. The number of aryl methyl sites for hydroxylation is 1. The Hall–Kier alpha value is -2.10. The third-order valence-electron chi connectivity index (χ3n) is 2.44. The molecule has 4 nitrogen and oxygen atoms in total. The number of benzene rings is 1. The van der Waals surface area contributed by atoms with Gasteiger partial charge in [0.2, 0.25) is 0 Å². The normalized spacial score (nSPS) is 10.4. The van der Waals surface area contributed by atoms with Crippen LogP contribution in [0.25, 0.3) is 10.9 Å². The molecular formula is C12H12N2O2. The van der Waals surface area contributed by atoms with Crippen LogP contribution in [0.15, 0.2) is 24.4 Å². The van der Waals surface area contributed by atoms with E-state index in [9.17, 15) is 4.79 Å². The maximum absolute atomic E-state index is 11.6. The van der Waals surface area contributed by atoms with Gasteiger partial charge in [-0.2, -0.15) is 0 Å². The Morgan fingerprint density at radius 2 is 2.19 bits per heavy atom. The first-order chi connectivity index (χ1) is 7.63. The number of esters is 1. The van der Waals surface area contributed by atoms with Crippen LogP contribution >= 0.6 is 0 Å². The highest BCUT2D eigenvalue weighted by atomic mass is 16.5. The molecule has 2 aromatic rings. The molecule has 1 aromatic carbocycles. The monoisotopic (exact) mass is 216 g/mol. The van der Waals surface area contributed by atoms with E-state index < -0.39 is 5.97 Å². The second kappa shape index (κ2) is 3.81. The highest BCUT2D eigenvalue weighted by molar-refractivity contribution is 6.07. The van der Waals surface area contributed by atoms with Gasteiger partial charge in [-0.1, -0.05) is 11.6 Å². The van der Waals surface area contributed by atoms with Gasteiger partial charge in [0, 0.05) is 5.39 Å². The number of nitrogens with two attached hydrogens (primary N) is 1. The maximum Gasteiger partial charge on any atom is 0.340 e. The lowest BCUT2D eigenvalue weighted by atomic mass is 10.1. The van der Waals surface area contributed by atoms with E-state index in [1.54, 1.807) is 0 Å². The standard InChI is InChI=1S/C12H12N2O2/c1-7-3-4-10-8(5-7)11(12(15)16-2)9(13)6-14-10/h3-6H,13H2,1-2H3. The summed E-state index contributed by atoms with van der Waals surface area (Å²) in [5.74, 6) is -0.435. The van der Waals surface area contributed by atoms with Crippen LogP contribution in [0.4, 0.5) is 5.69 Å². The Kier molecular flexibility index (Phi) is 2.48. The number of fused-ring (bicyclic) bond motifs is 1. The van der Waals surface area contributed by atoms with Gasteiger partial charge in [-0.25, -0.2) is 4.79 Å². The lowest BCUT2D eigenvalue weighted by Gasteiger charge is -2.07. The summed E-state index contributed by atoms with van der Waals surface area (Å²) in [5.41, 5.74) is 8.26. The van der Waals surface area contributed by atoms with Gasteiger partial charge >= 0.3 is 5.97 Å². The molecule has 0 fully saturated rings. The van der Waals surface area contributed by atoms with Crippen molar-refractivity contribution in [3.05, 3.63) is 35.5 Å². The lowest BCUT2D eigenvalue weighted by Crippen LogP contribution is -2.07. The molecule has 0 spiro atoms. The smallest absolute Gasteiger partial charge is 0.340 e. The summed E-state index contributed by atoms with van der Waals surface area (Å²) in [4.78, 5) is 15.8. The van der Waals surface area contributed by atoms with Gasteiger partial charge in [0.1, 0.15) is 0 Å². The number of pyridine rings is 1. The largest absolute Gasteiger partial charge is 0.465 e. The summed E-state index contributed by atoms with van der Waals surface area (Å²) in [6.07, 6.45) is 1.48. The minimum atomic E-state index is -0.435. The topological polar surface area (TPSA) is 65.2 Å². The average Bonchev–Trinajstić information content (AvgIpc) is 2.28. The molecule has 0 radical (unpaired) electrons. The van der Waals surface area contributed by atoms with Crippen molar-refractivity contribution in [3.63, 3.8) is 0 Å². The molecule has 82 valence electrons. The summed E-state index contributed by atoms with van der Waals surface area (Å²) >= 11 is 0. The molecular weight excluding hydrogens is 204 g/mol. The molecule has 0 unspecified atom stereocenters. The Morgan fingerprint density at radius 1 is 1.44 bits per heavy atom. The van der Waals surface area contributed by atoms with E-state index >= 15 is 0 Å². The zero-order chi connectivity index (χ0) is 11.7. The highest BCUT2D eigenvalue weighted by Gasteiger charge is 2.15. The number of hydrogen-bond donors (Lipinski definition) is 1. The van der Waals surface area contributed by atoms with E-state index in [4.69, 9.17) is 10.5 Å². The molecule has 2 N–H and O–H groups in total. The van der Waals surface area contributed by atoms with E-state index in [0.29, 0.717) is 11.3 Å². The number of aromatic nitrogens is 1. The third kappa shape index (κ3) is 1.58. The van der Waals surface area contributed by atoms with Crippen LogP contribution in [0.3, 0.4) is 0 Å². The van der Waals surface area contributed by atoms with Crippen LogP contribution in [0, 0.1) is 6.92 Å².